The lowest BCUT2D eigenvalue weighted by atomic mass is 9.98. The van der Waals surface area contributed by atoms with E-state index in [0.717, 1.165) is 54.5 Å². The number of nitrogens with zero attached hydrogens (tertiary/aromatic N) is 4. The molecule has 1 aliphatic heterocycles. The van der Waals surface area contributed by atoms with Crippen LogP contribution in [-0.4, -0.2) is 29.3 Å². The summed E-state index contributed by atoms with van der Waals surface area (Å²) in [6.07, 6.45) is 6.18. The fourth-order valence-corrected chi connectivity index (χ4v) is 3.43. The van der Waals surface area contributed by atoms with E-state index in [2.05, 4.69) is 26.3 Å². The van der Waals surface area contributed by atoms with E-state index >= 15 is 0 Å². The van der Waals surface area contributed by atoms with Gasteiger partial charge in [-0.2, -0.15) is 5.26 Å². The molecule has 1 aromatic carbocycles. The van der Waals surface area contributed by atoms with Gasteiger partial charge in [0.25, 0.3) is 0 Å². The Morgan fingerprint density at radius 2 is 2.04 bits per heavy atom. The zero-order chi connectivity index (χ0) is 18.6. The molecular formula is C21H19N5O. The molecule has 0 aliphatic carbocycles. The van der Waals surface area contributed by atoms with Crippen LogP contribution in [0.2, 0.25) is 0 Å². The molecule has 0 amide bonds. The Morgan fingerprint density at radius 3 is 2.81 bits per heavy atom. The fourth-order valence-electron chi connectivity index (χ4n) is 3.43. The minimum atomic E-state index is 0.139. The quantitative estimate of drug-likeness (QED) is 0.713. The molecule has 0 unspecified atom stereocenters. The molecule has 134 valence electrons. The number of carbonyl (C=O) groups excluding carboxylic acids is 1. The van der Waals surface area contributed by atoms with Crippen molar-refractivity contribution in [2.75, 3.05) is 23.3 Å². The van der Waals surface area contributed by atoms with Gasteiger partial charge in [0.1, 0.15) is 17.9 Å². The van der Waals surface area contributed by atoms with E-state index in [1.54, 1.807) is 18.3 Å². The molecule has 1 fully saturated rings. The van der Waals surface area contributed by atoms with Crippen molar-refractivity contribution in [3.05, 3.63) is 54.4 Å². The number of nitriles is 1. The second-order valence-electron chi connectivity index (χ2n) is 6.68. The van der Waals surface area contributed by atoms with E-state index in [4.69, 9.17) is 5.26 Å². The highest BCUT2D eigenvalue weighted by molar-refractivity contribution is 5.93. The van der Waals surface area contributed by atoms with E-state index < -0.39 is 0 Å². The largest absolute Gasteiger partial charge is 0.356 e. The first-order valence-electron chi connectivity index (χ1n) is 8.98. The summed E-state index contributed by atoms with van der Waals surface area (Å²) in [4.78, 5) is 22.3. The van der Waals surface area contributed by atoms with E-state index in [1.807, 2.05) is 30.5 Å². The van der Waals surface area contributed by atoms with Crippen molar-refractivity contribution in [3.8, 4) is 6.07 Å². The summed E-state index contributed by atoms with van der Waals surface area (Å²) >= 11 is 0. The number of hydrogen-bond donors (Lipinski definition) is 1. The number of benzene rings is 1. The zero-order valence-corrected chi connectivity index (χ0v) is 14.8. The van der Waals surface area contributed by atoms with Crippen LogP contribution in [0.25, 0.3) is 10.8 Å². The Balaban J connectivity index is 1.65. The molecule has 0 bridgehead atoms. The number of piperidine rings is 1. The van der Waals surface area contributed by atoms with Crippen molar-refractivity contribution in [1.82, 2.24) is 9.97 Å². The van der Waals surface area contributed by atoms with Crippen molar-refractivity contribution < 1.29 is 4.79 Å². The van der Waals surface area contributed by atoms with Crippen molar-refractivity contribution in [1.29, 1.82) is 5.26 Å². The van der Waals surface area contributed by atoms with Crippen molar-refractivity contribution in [3.63, 3.8) is 0 Å². The van der Waals surface area contributed by atoms with E-state index in [1.165, 1.54) is 0 Å². The van der Waals surface area contributed by atoms with Crippen LogP contribution in [0.15, 0.2) is 48.8 Å². The van der Waals surface area contributed by atoms with Crippen LogP contribution in [0.3, 0.4) is 0 Å². The molecule has 6 nitrogen and oxygen atoms in total. The minimum Gasteiger partial charge on any atom is -0.356 e. The summed E-state index contributed by atoms with van der Waals surface area (Å²) in [5, 5.41) is 14.4. The number of anilines is 3. The van der Waals surface area contributed by atoms with Crippen LogP contribution in [0.4, 0.5) is 17.3 Å². The van der Waals surface area contributed by atoms with Gasteiger partial charge in [-0.05, 0) is 37.1 Å². The maximum Gasteiger partial charge on any atom is 0.150 e. The van der Waals surface area contributed by atoms with Crippen LogP contribution in [0.5, 0.6) is 0 Å². The fraction of sp³-hybridized carbons (Fsp3) is 0.238. The molecule has 0 saturated carbocycles. The molecule has 0 atom stereocenters. The Labute approximate surface area is 157 Å². The number of carbonyl (C=O) groups is 1. The van der Waals surface area contributed by atoms with E-state index in [9.17, 15) is 4.79 Å². The van der Waals surface area contributed by atoms with Crippen LogP contribution in [0.1, 0.15) is 23.2 Å². The zero-order valence-electron chi connectivity index (χ0n) is 14.8. The monoisotopic (exact) mass is 357 g/mol. The molecule has 0 spiro atoms. The highest BCUT2D eigenvalue weighted by Gasteiger charge is 2.21. The smallest absolute Gasteiger partial charge is 0.150 e. The molecular weight excluding hydrogens is 338 g/mol. The number of pyridine rings is 2. The third kappa shape index (κ3) is 3.58. The molecule has 27 heavy (non-hydrogen) atoms. The Kier molecular flexibility index (Phi) is 4.67. The van der Waals surface area contributed by atoms with Gasteiger partial charge in [0.2, 0.25) is 0 Å². The molecule has 4 rings (SSSR count). The molecule has 3 heterocycles. The summed E-state index contributed by atoms with van der Waals surface area (Å²) in [5.41, 5.74) is 1.43. The topological polar surface area (TPSA) is 81.9 Å². The van der Waals surface area contributed by atoms with Gasteiger partial charge in [-0.3, -0.25) is 4.79 Å². The van der Waals surface area contributed by atoms with Crippen LogP contribution in [0, 0.1) is 17.2 Å². The summed E-state index contributed by atoms with van der Waals surface area (Å²) in [6, 6.07) is 13.6. The number of aromatic nitrogens is 2. The van der Waals surface area contributed by atoms with Crippen molar-refractivity contribution in [2.45, 2.75) is 12.8 Å². The lowest BCUT2D eigenvalue weighted by Gasteiger charge is -2.30. The lowest BCUT2D eigenvalue weighted by molar-refractivity contribution is 0.112. The van der Waals surface area contributed by atoms with Gasteiger partial charge in [0, 0.05) is 53.4 Å². The van der Waals surface area contributed by atoms with Crippen molar-refractivity contribution in [2.24, 2.45) is 5.92 Å². The first kappa shape index (κ1) is 17.0. The van der Waals surface area contributed by atoms with Crippen molar-refractivity contribution >= 4 is 34.4 Å². The number of aldehydes is 1. The summed E-state index contributed by atoms with van der Waals surface area (Å²) < 4.78 is 0. The number of rotatable bonds is 4. The molecule has 2 aromatic heterocycles. The number of hydrogen-bond acceptors (Lipinski definition) is 6. The maximum absolute atomic E-state index is 11.0. The second-order valence-corrected chi connectivity index (χ2v) is 6.68. The third-order valence-electron chi connectivity index (χ3n) is 4.90. The van der Waals surface area contributed by atoms with Gasteiger partial charge in [-0.25, -0.2) is 9.97 Å². The van der Waals surface area contributed by atoms with E-state index in [0.29, 0.717) is 11.4 Å². The summed E-state index contributed by atoms with van der Waals surface area (Å²) in [7, 11) is 0. The first-order valence-corrected chi connectivity index (χ1v) is 8.98. The SMILES string of the molecule is N#CC1CCN(c2nccc3cnc(Nc4cccc(C=O)c4)cc23)CC1. The third-order valence-corrected chi connectivity index (χ3v) is 4.90. The van der Waals surface area contributed by atoms with E-state index in [-0.39, 0.29) is 5.92 Å². The Bertz CT molecular complexity index is 1020. The molecule has 6 heteroatoms. The lowest BCUT2D eigenvalue weighted by Crippen LogP contribution is -2.33. The predicted octanol–water partition coefficient (Wildman–Crippen LogP) is 3.93. The molecule has 0 radical (unpaired) electrons. The van der Waals surface area contributed by atoms with Gasteiger partial charge in [-0.15, -0.1) is 0 Å². The standard InChI is InChI=1S/C21H19N5O/c22-12-15-5-8-26(9-6-15)21-19-11-20(24-13-17(19)4-7-23-21)25-18-3-1-2-16(10-18)14-27/h1-4,7,10-11,13-15H,5-6,8-9H2,(H,24,25). The number of nitrogens with one attached hydrogen (secondary N) is 1. The highest BCUT2D eigenvalue weighted by atomic mass is 16.1. The first-order chi connectivity index (χ1) is 13.3. The van der Waals surface area contributed by atoms with Crippen LogP contribution >= 0.6 is 0 Å². The summed E-state index contributed by atoms with van der Waals surface area (Å²) in [6.45, 7) is 1.66. The van der Waals surface area contributed by atoms with Gasteiger partial charge in [-0.1, -0.05) is 12.1 Å². The Morgan fingerprint density at radius 1 is 1.19 bits per heavy atom. The average molecular weight is 357 g/mol. The summed E-state index contributed by atoms with van der Waals surface area (Å²) in [5.74, 6) is 1.77. The minimum absolute atomic E-state index is 0.139. The van der Waals surface area contributed by atoms with Crippen LogP contribution in [-0.2, 0) is 0 Å². The average Bonchev–Trinajstić information content (AvgIpc) is 2.73. The predicted molar refractivity (Wildman–Crippen MR) is 105 cm³/mol. The second kappa shape index (κ2) is 7.42. The Hall–Kier alpha value is -3.46. The van der Waals surface area contributed by atoms with Crippen LogP contribution < -0.4 is 10.2 Å². The molecule has 1 saturated heterocycles. The molecule has 3 aromatic rings. The van der Waals surface area contributed by atoms with Gasteiger partial charge >= 0.3 is 0 Å². The molecule has 1 aliphatic rings. The normalized spacial score (nSPS) is 14.7. The molecule has 1 N–H and O–H groups in total. The van der Waals surface area contributed by atoms with Gasteiger partial charge < -0.3 is 10.2 Å². The van der Waals surface area contributed by atoms with Gasteiger partial charge in [0.15, 0.2) is 0 Å². The van der Waals surface area contributed by atoms with Gasteiger partial charge in [0.05, 0.1) is 6.07 Å². The maximum atomic E-state index is 11.0. The highest BCUT2D eigenvalue weighted by Crippen LogP contribution is 2.30. The number of fused-ring (bicyclic) bond motifs is 1.